The summed E-state index contributed by atoms with van der Waals surface area (Å²) >= 11 is 0. The first kappa shape index (κ1) is 10.3. The van der Waals surface area contributed by atoms with Gasteiger partial charge in [0.05, 0.1) is 5.60 Å². The Balaban J connectivity index is 2.01. The fraction of sp³-hybridized carbons (Fsp3) is 0.500. The van der Waals surface area contributed by atoms with E-state index in [1.165, 1.54) is 4.52 Å². The van der Waals surface area contributed by atoms with Gasteiger partial charge < -0.3 is 10.0 Å². The van der Waals surface area contributed by atoms with Gasteiger partial charge in [0.15, 0.2) is 5.65 Å². The van der Waals surface area contributed by atoms with Gasteiger partial charge in [0.1, 0.15) is 5.82 Å². The summed E-state index contributed by atoms with van der Waals surface area (Å²) < 4.78 is 1.22. The highest BCUT2D eigenvalue weighted by Crippen LogP contribution is 2.24. The Morgan fingerprint density at radius 2 is 2.35 bits per heavy atom. The Bertz CT molecular complexity index is 614. The van der Waals surface area contributed by atoms with Crippen LogP contribution in [0.2, 0.25) is 0 Å². The van der Waals surface area contributed by atoms with Crippen LogP contribution in [0.15, 0.2) is 16.9 Å². The molecule has 1 saturated heterocycles. The number of β-amino-alcohol motifs (C(OH)–C–C–N with tert-alkyl or cyclic N) is 1. The first-order valence-corrected chi connectivity index (χ1v) is 5.47. The number of anilines is 1. The average Bonchev–Trinajstić information content (AvgIpc) is 2.83. The van der Waals surface area contributed by atoms with E-state index in [2.05, 4.69) is 15.3 Å². The predicted molar refractivity (Wildman–Crippen MR) is 61.1 cm³/mol. The molecule has 7 nitrogen and oxygen atoms in total. The largest absolute Gasteiger partial charge is 0.388 e. The zero-order valence-corrected chi connectivity index (χ0v) is 9.42. The second-order valence-electron chi connectivity index (χ2n) is 4.66. The highest BCUT2D eigenvalue weighted by Gasteiger charge is 2.32. The van der Waals surface area contributed by atoms with E-state index < -0.39 is 5.60 Å². The van der Waals surface area contributed by atoms with Gasteiger partial charge in [0, 0.05) is 13.1 Å². The third kappa shape index (κ3) is 1.68. The van der Waals surface area contributed by atoms with Gasteiger partial charge in [-0.3, -0.25) is 0 Å². The van der Waals surface area contributed by atoms with Crippen LogP contribution in [0.3, 0.4) is 0 Å². The Morgan fingerprint density at radius 3 is 3.06 bits per heavy atom. The van der Waals surface area contributed by atoms with Crippen molar-refractivity contribution in [2.75, 3.05) is 18.0 Å². The summed E-state index contributed by atoms with van der Waals surface area (Å²) in [6.45, 7) is 3.06. The van der Waals surface area contributed by atoms with Crippen LogP contribution in [-0.4, -0.2) is 43.6 Å². The second-order valence-corrected chi connectivity index (χ2v) is 4.66. The Kier molecular flexibility index (Phi) is 1.99. The van der Waals surface area contributed by atoms with E-state index in [0.29, 0.717) is 24.4 Å². The Hall–Kier alpha value is -1.89. The number of nitrogens with one attached hydrogen (secondary N) is 1. The maximum atomic E-state index is 11.4. The van der Waals surface area contributed by atoms with E-state index in [1.54, 1.807) is 19.1 Å². The molecular formula is C10H13N5O2. The van der Waals surface area contributed by atoms with Crippen LogP contribution in [-0.2, 0) is 0 Å². The van der Waals surface area contributed by atoms with E-state index in [-0.39, 0.29) is 5.69 Å². The molecule has 0 bridgehead atoms. The fourth-order valence-corrected chi connectivity index (χ4v) is 2.10. The molecule has 0 radical (unpaired) electrons. The van der Waals surface area contributed by atoms with Crippen LogP contribution >= 0.6 is 0 Å². The minimum atomic E-state index is -0.683. The maximum Gasteiger partial charge on any atom is 0.364 e. The smallest absolute Gasteiger partial charge is 0.364 e. The zero-order valence-electron chi connectivity index (χ0n) is 9.42. The van der Waals surface area contributed by atoms with Crippen LogP contribution in [0.5, 0.6) is 0 Å². The molecule has 3 rings (SSSR count). The van der Waals surface area contributed by atoms with Crippen molar-refractivity contribution in [3.8, 4) is 0 Å². The first-order chi connectivity index (χ1) is 8.05. The number of rotatable bonds is 1. The van der Waals surface area contributed by atoms with E-state index in [0.717, 1.165) is 6.54 Å². The monoisotopic (exact) mass is 235 g/mol. The minimum Gasteiger partial charge on any atom is -0.388 e. The number of aromatic nitrogens is 4. The molecule has 17 heavy (non-hydrogen) atoms. The Morgan fingerprint density at radius 1 is 1.53 bits per heavy atom. The average molecular weight is 235 g/mol. The van der Waals surface area contributed by atoms with Crippen LogP contribution in [0.25, 0.3) is 5.65 Å². The minimum absolute atomic E-state index is 0.354. The molecule has 0 aromatic carbocycles. The van der Waals surface area contributed by atoms with Crippen molar-refractivity contribution in [2.24, 2.45) is 0 Å². The van der Waals surface area contributed by atoms with Gasteiger partial charge in [0.25, 0.3) is 0 Å². The molecule has 0 spiro atoms. The SMILES string of the molecule is CC1(O)CCN(c2ccc3n[nH]c(=O)n3n2)C1. The van der Waals surface area contributed by atoms with Gasteiger partial charge in [-0.1, -0.05) is 0 Å². The summed E-state index contributed by atoms with van der Waals surface area (Å²) in [7, 11) is 0. The van der Waals surface area contributed by atoms with Crippen LogP contribution in [0, 0.1) is 0 Å². The molecule has 90 valence electrons. The molecule has 1 aliphatic rings. The van der Waals surface area contributed by atoms with E-state index in [9.17, 15) is 9.90 Å². The number of aliphatic hydroxyl groups is 1. The van der Waals surface area contributed by atoms with Crippen molar-refractivity contribution in [3.63, 3.8) is 0 Å². The molecule has 1 fully saturated rings. The van der Waals surface area contributed by atoms with Crippen molar-refractivity contribution in [3.05, 3.63) is 22.6 Å². The van der Waals surface area contributed by atoms with Crippen molar-refractivity contribution in [1.82, 2.24) is 19.8 Å². The van der Waals surface area contributed by atoms with Crippen molar-refractivity contribution in [2.45, 2.75) is 18.9 Å². The molecule has 0 amide bonds. The predicted octanol–water partition coefficient (Wildman–Crippen LogP) is -0.621. The molecule has 3 heterocycles. The normalized spacial score (nSPS) is 24.7. The van der Waals surface area contributed by atoms with Gasteiger partial charge in [-0.15, -0.1) is 5.10 Å². The molecule has 2 aromatic heterocycles. The third-order valence-corrected chi connectivity index (χ3v) is 3.04. The van der Waals surface area contributed by atoms with Gasteiger partial charge in [-0.25, -0.2) is 9.89 Å². The third-order valence-electron chi connectivity index (χ3n) is 3.04. The van der Waals surface area contributed by atoms with Crippen molar-refractivity contribution in [1.29, 1.82) is 0 Å². The van der Waals surface area contributed by atoms with E-state index in [4.69, 9.17) is 0 Å². The standard InChI is InChI=1S/C10H13N5O2/c1-10(17)4-5-14(6-10)8-3-2-7-11-12-9(16)15(7)13-8/h2-3,17H,4-6H2,1H3,(H,12,16). The lowest BCUT2D eigenvalue weighted by atomic mass is 10.1. The number of hydrogen-bond donors (Lipinski definition) is 2. The van der Waals surface area contributed by atoms with Crippen LogP contribution < -0.4 is 10.6 Å². The summed E-state index contributed by atoms with van der Waals surface area (Å²) in [6, 6.07) is 3.53. The topological polar surface area (TPSA) is 86.5 Å². The molecule has 2 N–H and O–H groups in total. The summed E-state index contributed by atoms with van der Waals surface area (Å²) in [6.07, 6.45) is 0.701. The van der Waals surface area contributed by atoms with E-state index in [1.807, 2.05) is 4.90 Å². The maximum absolute atomic E-state index is 11.4. The zero-order chi connectivity index (χ0) is 12.0. The van der Waals surface area contributed by atoms with Gasteiger partial charge in [-0.2, -0.15) is 9.61 Å². The number of aromatic amines is 1. The molecule has 1 atom stereocenters. The second kappa shape index (κ2) is 3.30. The number of H-pyrrole nitrogens is 1. The van der Waals surface area contributed by atoms with Gasteiger partial charge in [-0.05, 0) is 25.5 Å². The number of nitrogens with zero attached hydrogens (tertiary/aromatic N) is 4. The van der Waals surface area contributed by atoms with Crippen molar-refractivity contribution < 1.29 is 5.11 Å². The lowest BCUT2D eigenvalue weighted by Crippen LogP contribution is -2.30. The fourth-order valence-electron chi connectivity index (χ4n) is 2.10. The molecule has 7 heteroatoms. The summed E-state index contributed by atoms with van der Waals surface area (Å²) in [4.78, 5) is 13.3. The van der Waals surface area contributed by atoms with Gasteiger partial charge in [0.2, 0.25) is 0 Å². The summed E-state index contributed by atoms with van der Waals surface area (Å²) in [5, 5.41) is 20.3. The number of fused-ring (bicyclic) bond motifs is 1. The van der Waals surface area contributed by atoms with Gasteiger partial charge >= 0.3 is 5.69 Å². The molecule has 1 unspecified atom stereocenters. The van der Waals surface area contributed by atoms with Crippen molar-refractivity contribution >= 4 is 11.5 Å². The number of hydrogen-bond acceptors (Lipinski definition) is 5. The van der Waals surface area contributed by atoms with Crippen LogP contribution in [0.1, 0.15) is 13.3 Å². The Labute approximate surface area is 96.7 Å². The summed E-state index contributed by atoms with van der Waals surface area (Å²) in [5.41, 5.74) is -0.546. The first-order valence-electron chi connectivity index (χ1n) is 5.47. The molecular weight excluding hydrogens is 222 g/mol. The molecule has 0 aliphatic carbocycles. The molecule has 0 saturated carbocycles. The molecule has 2 aromatic rings. The quantitative estimate of drug-likeness (QED) is 0.688. The van der Waals surface area contributed by atoms with E-state index >= 15 is 0 Å². The van der Waals surface area contributed by atoms with Crippen LogP contribution in [0.4, 0.5) is 5.82 Å². The molecule has 1 aliphatic heterocycles. The lowest BCUT2D eigenvalue weighted by molar-refractivity contribution is 0.0839. The lowest BCUT2D eigenvalue weighted by Gasteiger charge is -2.19. The highest BCUT2D eigenvalue weighted by molar-refractivity contribution is 5.46. The highest BCUT2D eigenvalue weighted by atomic mass is 16.3. The summed E-state index contributed by atoms with van der Waals surface area (Å²) in [5.74, 6) is 0.679.